The molecule has 0 spiro atoms. The molecule has 0 bridgehead atoms. The molecule has 1 rings (SSSR count). The standard InChI is InChI=1S/C7H7F3N2/c1-2-12-5-11-4-6(12)3-7(8,9)10/h2-3H2,1H3. The van der Waals surface area contributed by atoms with E-state index >= 15 is 0 Å². The van der Waals surface area contributed by atoms with Gasteiger partial charge in [-0.1, -0.05) is 0 Å². The van der Waals surface area contributed by atoms with Crippen LogP contribution in [0.15, 0.2) is 0 Å². The van der Waals surface area contributed by atoms with Gasteiger partial charge in [0.05, 0.1) is 12.1 Å². The second-order valence-electron chi connectivity index (χ2n) is 2.31. The normalized spacial score (nSPS) is 12.0. The first kappa shape index (κ1) is 9.09. The predicted octanol–water partition coefficient (Wildman–Crippen LogP) is 1.61. The Kier molecular flexibility index (Phi) is 2.40. The van der Waals surface area contributed by atoms with Gasteiger partial charge in [-0.15, -0.1) is 0 Å². The summed E-state index contributed by atoms with van der Waals surface area (Å²) < 4.78 is 36.9. The molecule has 0 amide bonds. The van der Waals surface area contributed by atoms with E-state index in [9.17, 15) is 13.2 Å². The van der Waals surface area contributed by atoms with E-state index in [0.29, 0.717) is 6.54 Å². The number of aryl methyl sites for hydroxylation is 1. The molecule has 0 aliphatic heterocycles. The van der Waals surface area contributed by atoms with Crippen LogP contribution in [0.25, 0.3) is 0 Å². The topological polar surface area (TPSA) is 17.8 Å². The summed E-state index contributed by atoms with van der Waals surface area (Å²) in [7, 11) is 0. The molecule has 0 aliphatic carbocycles. The number of aromatic nitrogens is 2. The van der Waals surface area contributed by atoms with Gasteiger partial charge in [-0.2, -0.15) is 13.2 Å². The lowest BCUT2D eigenvalue weighted by Gasteiger charge is -2.06. The van der Waals surface area contributed by atoms with Crippen LogP contribution in [0.4, 0.5) is 13.2 Å². The molecule has 1 heterocycles. The molecule has 0 saturated heterocycles. The minimum Gasteiger partial charge on any atom is -0.325 e. The number of alkyl halides is 3. The van der Waals surface area contributed by atoms with Crippen molar-refractivity contribution < 1.29 is 13.2 Å². The molecule has 66 valence electrons. The molecule has 2 nitrogen and oxygen atoms in total. The fourth-order valence-corrected chi connectivity index (χ4v) is 0.857. The molecule has 0 aromatic carbocycles. The third kappa shape index (κ3) is 2.25. The van der Waals surface area contributed by atoms with Crippen molar-refractivity contribution in [2.24, 2.45) is 0 Å². The maximum Gasteiger partial charge on any atom is 0.394 e. The summed E-state index contributed by atoms with van der Waals surface area (Å²) in [5, 5.41) is 0. The van der Waals surface area contributed by atoms with Crippen LogP contribution in [0, 0.1) is 12.5 Å². The summed E-state index contributed by atoms with van der Waals surface area (Å²) in [6.07, 6.45) is -0.546. The fraction of sp³-hybridized carbons (Fsp3) is 0.571. The SMILES string of the molecule is CCn1[c]n[c]c1CC(F)(F)F. The monoisotopic (exact) mass is 176 g/mol. The zero-order valence-electron chi connectivity index (χ0n) is 6.44. The largest absolute Gasteiger partial charge is 0.394 e. The van der Waals surface area contributed by atoms with E-state index in [1.807, 2.05) is 0 Å². The zero-order chi connectivity index (χ0) is 9.19. The summed E-state index contributed by atoms with van der Waals surface area (Å²) in [4.78, 5) is 3.39. The molecule has 5 heteroatoms. The lowest BCUT2D eigenvalue weighted by atomic mass is 10.3. The lowest BCUT2D eigenvalue weighted by Crippen LogP contribution is -2.14. The number of imidazole rings is 1. The van der Waals surface area contributed by atoms with Gasteiger partial charge in [-0.05, 0) is 6.92 Å². The summed E-state index contributed by atoms with van der Waals surface area (Å²) in [6, 6.07) is 0. The van der Waals surface area contributed by atoms with E-state index in [2.05, 4.69) is 17.5 Å². The molecular formula is C7H7F3N2. The molecule has 1 aromatic rings. The maximum atomic E-state index is 11.9. The Morgan fingerprint density at radius 2 is 2.17 bits per heavy atom. The van der Waals surface area contributed by atoms with Gasteiger partial charge in [0.2, 0.25) is 0 Å². The van der Waals surface area contributed by atoms with Crippen molar-refractivity contribution in [3.8, 4) is 0 Å². The highest BCUT2D eigenvalue weighted by atomic mass is 19.4. The van der Waals surface area contributed by atoms with Gasteiger partial charge in [0.1, 0.15) is 6.20 Å². The average Bonchev–Trinajstić information content (AvgIpc) is 2.31. The Labute approximate surface area is 68.0 Å². The third-order valence-electron chi connectivity index (χ3n) is 1.37. The first-order valence-corrected chi connectivity index (χ1v) is 3.44. The number of hydrogen-bond acceptors (Lipinski definition) is 1. The quantitative estimate of drug-likeness (QED) is 0.669. The summed E-state index contributed by atoms with van der Waals surface area (Å²) in [6.45, 7) is 2.16. The van der Waals surface area contributed by atoms with E-state index in [4.69, 9.17) is 0 Å². The highest BCUT2D eigenvalue weighted by Gasteiger charge is 2.29. The van der Waals surface area contributed by atoms with Crippen LogP contribution in [0.5, 0.6) is 0 Å². The number of rotatable bonds is 2. The minimum atomic E-state index is -4.20. The highest BCUT2D eigenvalue weighted by Crippen LogP contribution is 2.20. The molecule has 0 atom stereocenters. The van der Waals surface area contributed by atoms with E-state index in [1.165, 1.54) is 4.57 Å². The van der Waals surface area contributed by atoms with Crippen molar-refractivity contribution in [3.05, 3.63) is 18.2 Å². The van der Waals surface area contributed by atoms with Crippen LogP contribution in [0.2, 0.25) is 0 Å². The van der Waals surface area contributed by atoms with E-state index in [0.717, 1.165) is 0 Å². The van der Waals surface area contributed by atoms with Gasteiger partial charge >= 0.3 is 6.18 Å². The smallest absolute Gasteiger partial charge is 0.325 e. The van der Waals surface area contributed by atoms with Gasteiger partial charge in [0.25, 0.3) is 0 Å². The zero-order valence-corrected chi connectivity index (χ0v) is 6.44. The second-order valence-corrected chi connectivity index (χ2v) is 2.31. The number of hydrogen-bond donors (Lipinski definition) is 0. The Balaban J connectivity index is 2.75. The van der Waals surface area contributed by atoms with Gasteiger partial charge in [-0.25, -0.2) is 4.98 Å². The van der Waals surface area contributed by atoms with Gasteiger partial charge in [0, 0.05) is 6.54 Å². The molecule has 0 fully saturated rings. The van der Waals surface area contributed by atoms with Gasteiger partial charge in [0.15, 0.2) is 6.33 Å². The van der Waals surface area contributed by atoms with Crippen LogP contribution in [-0.2, 0) is 13.0 Å². The van der Waals surface area contributed by atoms with Crippen molar-refractivity contribution >= 4 is 0 Å². The molecule has 0 aliphatic rings. The molecule has 0 N–H and O–H groups in total. The predicted molar refractivity (Wildman–Crippen MR) is 35.3 cm³/mol. The molecule has 0 saturated carbocycles. The molecule has 2 radical (unpaired) electrons. The van der Waals surface area contributed by atoms with Crippen LogP contribution < -0.4 is 0 Å². The molecule has 0 unspecified atom stereocenters. The molecule has 1 aromatic heterocycles. The Morgan fingerprint density at radius 1 is 1.50 bits per heavy atom. The molecular weight excluding hydrogens is 169 g/mol. The van der Waals surface area contributed by atoms with Crippen molar-refractivity contribution in [2.75, 3.05) is 0 Å². The summed E-state index contributed by atoms with van der Waals surface area (Å²) >= 11 is 0. The minimum absolute atomic E-state index is 0.0324. The van der Waals surface area contributed by atoms with E-state index < -0.39 is 12.6 Å². The van der Waals surface area contributed by atoms with Crippen LogP contribution in [-0.4, -0.2) is 15.7 Å². The van der Waals surface area contributed by atoms with Gasteiger partial charge in [-0.3, -0.25) is 0 Å². The second kappa shape index (κ2) is 3.16. The summed E-state index contributed by atoms with van der Waals surface area (Å²) in [5.41, 5.74) is 0.0324. The fourth-order valence-electron chi connectivity index (χ4n) is 0.857. The van der Waals surface area contributed by atoms with E-state index in [-0.39, 0.29) is 5.69 Å². The third-order valence-corrected chi connectivity index (χ3v) is 1.37. The van der Waals surface area contributed by atoms with Gasteiger partial charge < -0.3 is 4.57 Å². The Morgan fingerprint density at radius 3 is 2.67 bits per heavy atom. The van der Waals surface area contributed by atoms with Crippen molar-refractivity contribution in [1.29, 1.82) is 0 Å². The first-order chi connectivity index (χ1) is 5.53. The highest BCUT2D eigenvalue weighted by molar-refractivity contribution is 4.97. The van der Waals surface area contributed by atoms with Crippen LogP contribution in [0.1, 0.15) is 12.6 Å². The van der Waals surface area contributed by atoms with Crippen LogP contribution in [0.3, 0.4) is 0 Å². The Hall–Kier alpha value is -1.00. The number of nitrogens with zero attached hydrogens (tertiary/aromatic N) is 2. The van der Waals surface area contributed by atoms with Crippen molar-refractivity contribution in [2.45, 2.75) is 26.1 Å². The van der Waals surface area contributed by atoms with Crippen LogP contribution >= 0.6 is 0 Å². The van der Waals surface area contributed by atoms with Crippen molar-refractivity contribution in [3.63, 3.8) is 0 Å². The number of halogens is 3. The first-order valence-electron chi connectivity index (χ1n) is 3.44. The lowest BCUT2D eigenvalue weighted by molar-refractivity contribution is -0.128. The van der Waals surface area contributed by atoms with E-state index in [1.54, 1.807) is 6.92 Å². The Bertz CT molecular complexity index is 251. The maximum absolute atomic E-state index is 11.9. The molecule has 12 heavy (non-hydrogen) atoms. The summed E-state index contributed by atoms with van der Waals surface area (Å²) in [5.74, 6) is 0. The average molecular weight is 176 g/mol. The van der Waals surface area contributed by atoms with Crippen molar-refractivity contribution in [1.82, 2.24) is 9.55 Å².